The number of nitrogens with one attached hydrogen (secondary N) is 1. The zero-order valence-electron chi connectivity index (χ0n) is 20.0. The van der Waals surface area contributed by atoms with Crippen molar-refractivity contribution in [2.24, 2.45) is 0 Å². The molecule has 180 valence electrons. The molecule has 4 aromatic rings. The number of carbonyl (C=O) groups is 2. The largest absolute Gasteiger partial charge is 0.494 e. The van der Waals surface area contributed by atoms with E-state index in [4.69, 9.17) is 14.2 Å². The summed E-state index contributed by atoms with van der Waals surface area (Å²) in [5.41, 5.74) is 3.64. The summed E-state index contributed by atoms with van der Waals surface area (Å²) in [5, 5.41) is 2.76. The summed E-state index contributed by atoms with van der Waals surface area (Å²) in [6.07, 6.45) is 2.33. The highest BCUT2D eigenvalue weighted by Gasteiger charge is 2.24. The van der Waals surface area contributed by atoms with Crippen molar-refractivity contribution in [1.29, 1.82) is 0 Å². The summed E-state index contributed by atoms with van der Waals surface area (Å²) in [6.45, 7) is 2.80. The lowest BCUT2D eigenvalue weighted by Gasteiger charge is -2.10. The van der Waals surface area contributed by atoms with Crippen LogP contribution >= 0.6 is 0 Å². The zero-order chi connectivity index (χ0) is 24.8. The summed E-state index contributed by atoms with van der Waals surface area (Å²) in [4.78, 5) is 26.2. The number of ether oxygens (including phenoxy) is 3. The topological polar surface area (TPSA) is 78.3 Å². The molecule has 35 heavy (non-hydrogen) atoms. The Balaban J connectivity index is 1.54. The number of aromatic nitrogens is 1. The minimum Gasteiger partial charge on any atom is -0.494 e. The maximum absolute atomic E-state index is 13.3. The number of hydrogen-bond donors (Lipinski definition) is 1. The third-order valence-electron chi connectivity index (χ3n) is 5.72. The second-order valence-electron chi connectivity index (χ2n) is 7.88. The Labute approximate surface area is 204 Å². The Morgan fingerprint density at radius 1 is 0.914 bits per heavy atom. The number of Topliss-reactive ketones (excluding diaryl/α,β-unsaturated/α-hetero) is 1. The Morgan fingerprint density at radius 3 is 2.40 bits per heavy atom. The lowest BCUT2D eigenvalue weighted by Crippen LogP contribution is -2.33. The second kappa shape index (κ2) is 10.8. The minimum atomic E-state index is -0.651. The third kappa shape index (κ3) is 5.14. The highest BCUT2D eigenvalue weighted by atomic mass is 16.5. The van der Waals surface area contributed by atoms with Gasteiger partial charge in [0.15, 0.2) is 11.5 Å². The fraction of sp³-hybridized carbons (Fsp3) is 0.214. The molecule has 0 saturated heterocycles. The maximum atomic E-state index is 13.3. The molecule has 1 N–H and O–H groups in total. The molecule has 2 heterocycles. The van der Waals surface area contributed by atoms with Gasteiger partial charge in [0, 0.05) is 23.8 Å². The molecule has 1 amide bonds. The number of nitrogens with zero attached hydrogens (tertiary/aromatic N) is 1. The highest BCUT2D eigenvalue weighted by molar-refractivity contribution is 6.43. The van der Waals surface area contributed by atoms with Crippen LogP contribution < -0.4 is 19.5 Å². The van der Waals surface area contributed by atoms with Crippen LogP contribution in [0.2, 0.25) is 0 Å². The molecule has 0 radical (unpaired) electrons. The van der Waals surface area contributed by atoms with E-state index in [0.717, 1.165) is 22.4 Å². The number of ketones is 1. The van der Waals surface area contributed by atoms with Gasteiger partial charge in [0.05, 0.1) is 20.8 Å². The van der Waals surface area contributed by atoms with Crippen LogP contribution in [0.5, 0.6) is 17.2 Å². The molecule has 0 aliphatic rings. The van der Waals surface area contributed by atoms with E-state index in [9.17, 15) is 9.59 Å². The van der Waals surface area contributed by atoms with Crippen molar-refractivity contribution < 1.29 is 23.8 Å². The average Bonchev–Trinajstić information content (AvgIpc) is 3.28. The summed E-state index contributed by atoms with van der Waals surface area (Å²) in [6, 6.07) is 20.6. The number of benzene rings is 2. The molecular formula is C28H28N2O5. The first-order valence-corrected chi connectivity index (χ1v) is 11.4. The van der Waals surface area contributed by atoms with Gasteiger partial charge >= 0.3 is 0 Å². The van der Waals surface area contributed by atoms with Crippen molar-refractivity contribution in [1.82, 2.24) is 9.72 Å². The Morgan fingerprint density at radius 2 is 1.69 bits per heavy atom. The lowest BCUT2D eigenvalue weighted by molar-refractivity contribution is -0.117. The van der Waals surface area contributed by atoms with Crippen LogP contribution in [0.15, 0.2) is 72.9 Å². The number of rotatable bonds is 10. The van der Waals surface area contributed by atoms with Gasteiger partial charge in [-0.1, -0.05) is 24.3 Å². The molecule has 0 bridgehead atoms. The zero-order valence-corrected chi connectivity index (χ0v) is 20.0. The van der Waals surface area contributed by atoms with Crippen LogP contribution in [0.1, 0.15) is 23.0 Å². The summed E-state index contributed by atoms with van der Waals surface area (Å²) in [5.74, 6) is 0.763. The van der Waals surface area contributed by atoms with Crippen molar-refractivity contribution in [3.05, 3.63) is 84.2 Å². The molecule has 2 aromatic heterocycles. The predicted molar refractivity (Wildman–Crippen MR) is 135 cm³/mol. The Hall–Kier alpha value is -4.26. The van der Waals surface area contributed by atoms with Crippen molar-refractivity contribution in [3.8, 4) is 28.4 Å². The van der Waals surface area contributed by atoms with E-state index in [1.807, 2.05) is 73.7 Å². The average molecular weight is 473 g/mol. The molecule has 4 rings (SSSR count). The van der Waals surface area contributed by atoms with E-state index in [1.165, 1.54) is 0 Å². The molecule has 0 aliphatic heterocycles. The predicted octanol–water partition coefficient (Wildman–Crippen LogP) is 4.56. The van der Waals surface area contributed by atoms with E-state index < -0.39 is 11.7 Å². The SMILES string of the molecule is CCOc1ccc(-c2cc3ccccn3c2C(=O)C(=O)NCCc2ccc(OC)c(OC)c2)cc1. The van der Waals surface area contributed by atoms with Crippen molar-refractivity contribution >= 4 is 17.2 Å². The van der Waals surface area contributed by atoms with E-state index in [1.54, 1.807) is 24.8 Å². The maximum Gasteiger partial charge on any atom is 0.294 e. The highest BCUT2D eigenvalue weighted by Crippen LogP contribution is 2.30. The van der Waals surface area contributed by atoms with Crippen LogP contribution in [0, 0.1) is 0 Å². The first-order chi connectivity index (χ1) is 17.0. The molecule has 0 saturated carbocycles. The molecule has 0 fully saturated rings. The molecule has 0 aliphatic carbocycles. The number of carbonyl (C=O) groups excluding carboxylic acids is 2. The smallest absolute Gasteiger partial charge is 0.294 e. The standard InChI is InChI=1S/C28H28N2O5/c1-4-35-22-11-9-20(10-12-22)23-18-21-7-5-6-16-30(21)26(23)27(31)28(32)29-15-14-19-8-13-24(33-2)25(17-19)34-3/h5-13,16-18H,4,14-15H2,1-3H3,(H,29,32). The Bertz CT molecular complexity index is 1340. The van der Waals surface area contributed by atoms with Gasteiger partial charge in [-0.3, -0.25) is 9.59 Å². The normalized spacial score (nSPS) is 10.7. The van der Waals surface area contributed by atoms with E-state index in [0.29, 0.717) is 42.3 Å². The van der Waals surface area contributed by atoms with Gasteiger partial charge in [-0.25, -0.2) is 0 Å². The van der Waals surface area contributed by atoms with Crippen LogP contribution in [-0.4, -0.2) is 43.5 Å². The quantitative estimate of drug-likeness (QED) is 0.270. The molecule has 2 aromatic carbocycles. The summed E-state index contributed by atoms with van der Waals surface area (Å²) in [7, 11) is 3.15. The minimum absolute atomic E-state index is 0.307. The number of methoxy groups -OCH3 is 2. The number of fused-ring (bicyclic) bond motifs is 1. The molecule has 0 atom stereocenters. The van der Waals surface area contributed by atoms with E-state index in [-0.39, 0.29) is 0 Å². The van der Waals surface area contributed by atoms with Gasteiger partial charge in [-0.05, 0) is 66.9 Å². The summed E-state index contributed by atoms with van der Waals surface area (Å²) < 4.78 is 17.9. The first kappa shape index (κ1) is 23.9. The molecule has 0 unspecified atom stereocenters. The number of pyridine rings is 1. The first-order valence-electron chi connectivity index (χ1n) is 11.4. The number of amides is 1. The van der Waals surface area contributed by atoms with Gasteiger partial charge in [0.25, 0.3) is 11.7 Å². The molecule has 0 spiro atoms. The Kier molecular flexibility index (Phi) is 7.35. The van der Waals surface area contributed by atoms with Crippen LogP contribution in [-0.2, 0) is 11.2 Å². The van der Waals surface area contributed by atoms with Gasteiger partial charge < -0.3 is 23.9 Å². The van der Waals surface area contributed by atoms with Gasteiger partial charge in [-0.15, -0.1) is 0 Å². The van der Waals surface area contributed by atoms with Crippen LogP contribution in [0.4, 0.5) is 0 Å². The van der Waals surface area contributed by atoms with Crippen molar-refractivity contribution in [3.63, 3.8) is 0 Å². The molecule has 7 heteroatoms. The van der Waals surface area contributed by atoms with Crippen molar-refractivity contribution in [2.45, 2.75) is 13.3 Å². The molecule has 7 nitrogen and oxygen atoms in total. The monoisotopic (exact) mass is 472 g/mol. The van der Waals surface area contributed by atoms with Crippen molar-refractivity contribution in [2.75, 3.05) is 27.4 Å². The fourth-order valence-electron chi connectivity index (χ4n) is 4.02. The van der Waals surface area contributed by atoms with Gasteiger partial charge in [-0.2, -0.15) is 0 Å². The molecular weight excluding hydrogens is 444 g/mol. The fourth-order valence-corrected chi connectivity index (χ4v) is 4.02. The van der Waals surface area contributed by atoms with Gasteiger partial charge in [0.1, 0.15) is 11.4 Å². The second-order valence-corrected chi connectivity index (χ2v) is 7.88. The van der Waals surface area contributed by atoms with Gasteiger partial charge in [0.2, 0.25) is 0 Å². The van der Waals surface area contributed by atoms with Crippen LogP contribution in [0.3, 0.4) is 0 Å². The third-order valence-corrected chi connectivity index (χ3v) is 5.72. The van der Waals surface area contributed by atoms with E-state index in [2.05, 4.69) is 5.32 Å². The van der Waals surface area contributed by atoms with Crippen LogP contribution in [0.25, 0.3) is 16.6 Å². The lowest BCUT2D eigenvalue weighted by atomic mass is 10.0. The van der Waals surface area contributed by atoms with E-state index >= 15 is 0 Å². The number of hydrogen-bond acceptors (Lipinski definition) is 5. The summed E-state index contributed by atoms with van der Waals surface area (Å²) >= 11 is 0.